The van der Waals surface area contributed by atoms with Crippen LogP contribution in [0.1, 0.15) is 18.9 Å². The number of hydrogen-bond donors (Lipinski definition) is 3. The molecule has 5 nitrogen and oxygen atoms in total. The van der Waals surface area contributed by atoms with Crippen molar-refractivity contribution in [3.05, 3.63) is 66.2 Å². The minimum atomic E-state index is -0.131. The molecule has 3 rings (SSSR count). The minimum Gasteiger partial charge on any atom is -0.376 e. The minimum absolute atomic E-state index is 0.0380. The average Bonchev–Trinajstić information content (AvgIpc) is 2.69. The van der Waals surface area contributed by atoms with Crippen LogP contribution in [0, 0.1) is 6.92 Å². The van der Waals surface area contributed by atoms with Crippen LogP contribution in [0.2, 0.25) is 0 Å². The van der Waals surface area contributed by atoms with E-state index in [1.54, 1.807) is 0 Å². The van der Waals surface area contributed by atoms with Gasteiger partial charge in [-0.2, -0.15) is 0 Å². The highest BCUT2D eigenvalue weighted by atomic mass is 16.2. The molecule has 0 aliphatic carbocycles. The second-order valence-corrected chi connectivity index (χ2v) is 6.31. The molecule has 27 heavy (non-hydrogen) atoms. The Balaban J connectivity index is 1.67. The van der Waals surface area contributed by atoms with Crippen LogP contribution < -0.4 is 16.0 Å². The fraction of sp³-hybridized carbons (Fsp3) is 0.182. The molecule has 0 heterocycles. The van der Waals surface area contributed by atoms with Gasteiger partial charge in [-0.05, 0) is 36.1 Å². The number of anilines is 3. The van der Waals surface area contributed by atoms with Crippen molar-refractivity contribution in [2.24, 2.45) is 0 Å². The van der Waals surface area contributed by atoms with Crippen molar-refractivity contribution >= 4 is 39.6 Å². The van der Waals surface area contributed by atoms with E-state index in [4.69, 9.17) is 0 Å². The normalized spacial score (nSPS) is 10.4. The topological polar surface area (TPSA) is 70.2 Å². The van der Waals surface area contributed by atoms with E-state index >= 15 is 0 Å². The molecule has 0 saturated heterocycles. The van der Waals surface area contributed by atoms with E-state index in [9.17, 15) is 9.59 Å². The number of carbonyl (C=O) groups is 2. The highest BCUT2D eigenvalue weighted by Gasteiger charge is 2.09. The first-order valence-corrected chi connectivity index (χ1v) is 8.99. The maximum Gasteiger partial charge on any atom is 0.243 e. The number of amides is 2. The van der Waals surface area contributed by atoms with Crippen molar-refractivity contribution in [2.45, 2.75) is 20.3 Å². The van der Waals surface area contributed by atoms with E-state index in [1.165, 1.54) is 0 Å². The SMILES string of the molecule is CCC(=O)Nc1cccc(NCC(=O)Nc2cccc3ccccc23)c1C. The smallest absolute Gasteiger partial charge is 0.243 e. The molecule has 3 aromatic carbocycles. The van der Waals surface area contributed by atoms with E-state index in [0.29, 0.717) is 6.42 Å². The lowest BCUT2D eigenvalue weighted by atomic mass is 10.1. The van der Waals surface area contributed by atoms with Crippen molar-refractivity contribution in [2.75, 3.05) is 22.5 Å². The molecule has 0 aromatic heterocycles. The van der Waals surface area contributed by atoms with Gasteiger partial charge in [-0.15, -0.1) is 0 Å². The second-order valence-electron chi connectivity index (χ2n) is 6.31. The van der Waals surface area contributed by atoms with Gasteiger partial charge in [-0.3, -0.25) is 9.59 Å². The number of carbonyl (C=O) groups excluding carboxylic acids is 2. The van der Waals surface area contributed by atoms with E-state index in [-0.39, 0.29) is 18.4 Å². The molecular weight excluding hydrogens is 338 g/mol. The van der Waals surface area contributed by atoms with Gasteiger partial charge >= 0.3 is 0 Å². The van der Waals surface area contributed by atoms with Crippen LogP contribution in [0.25, 0.3) is 10.8 Å². The van der Waals surface area contributed by atoms with E-state index in [2.05, 4.69) is 16.0 Å². The lowest BCUT2D eigenvalue weighted by Gasteiger charge is -2.14. The van der Waals surface area contributed by atoms with Gasteiger partial charge in [0, 0.05) is 28.9 Å². The molecule has 0 saturated carbocycles. The molecule has 0 unspecified atom stereocenters. The fourth-order valence-corrected chi connectivity index (χ4v) is 2.91. The van der Waals surface area contributed by atoms with Crippen LogP contribution in [-0.2, 0) is 9.59 Å². The predicted molar refractivity (Wildman–Crippen MR) is 111 cm³/mol. The Morgan fingerprint density at radius 1 is 0.778 bits per heavy atom. The quantitative estimate of drug-likeness (QED) is 0.603. The first-order chi connectivity index (χ1) is 13.1. The maximum atomic E-state index is 12.4. The largest absolute Gasteiger partial charge is 0.376 e. The molecule has 3 aromatic rings. The molecule has 2 amide bonds. The Morgan fingerprint density at radius 2 is 1.41 bits per heavy atom. The Morgan fingerprint density at radius 3 is 2.22 bits per heavy atom. The van der Waals surface area contributed by atoms with Gasteiger partial charge < -0.3 is 16.0 Å². The number of nitrogens with one attached hydrogen (secondary N) is 3. The van der Waals surface area contributed by atoms with Crippen molar-refractivity contribution < 1.29 is 9.59 Å². The first-order valence-electron chi connectivity index (χ1n) is 8.99. The van der Waals surface area contributed by atoms with Crippen LogP contribution in [-0.4, -0.2) is 18.4 Å². The Labute approximate surface area is 158 Å². The lowest BCUT2D eigenvalue weighted by Crippen LogP contribution is -2.22. The van der Waals surface area contributed by atoms with Gasteiger partial charge in [-0.25, -0.2) is 0 Å². The molecule has 0 radical (unpaired) electrons. The van der Waals surface area contributed by atoms with Crippen molar-refractivity contribution in [1.29, 1.82) is 0 Å². The third-order valence-corrected chi connectivity index (χ3v) is 4.43. The molecule has 0 aliphatic rings. The Kier molecular flexibility index (Phi) is 5.71. The van der Waals surface area contributed by atoms with Gasteiger partial charge in [0.2, 0.25) is 11.8 Å². The van der Waals surface area contributed by atoms with Gasteiger partial charge in [0.25, 0.3) is 0 Å². The van der Waals surface area contributed by atoms with Gasteiger partial charge in [0.1, 0.15) is 0 Å². The summed E-state index contributed by atoms with van der Waals surface area (Å²) in [5.41, 5.74) is 3.26. The number of benzene rings is 3. The first kappa shape index (κ1) is 18.5. The summed E-state index contributed by atoms with van der Waals surface area (Å²) in [6, 6.07) is 19.4. The predicted octanol–water partition coefficient (Wildman–Crippen LogP) is 4.55. The zero-order valence-corrected chi connectivity index (χ0v) is 15.5. The Bertz CT molecular complexity index is 977. The third kappa shape index (κ3) is 4.44. The van der Waals surface area contributed by atoms with Crippen LogP contribution >= 0.6 is 0 Å². The summed E-state index contributed by atoms with van der Waals surface area (Å²) in [6.45, 7) is 3.86. The molecule has 0 bridgehead atoms. The summed E-state index contributed by atoms with van der Waals surface area (Å²) in [7, 11) is 0. The van der Waals surface area contributed by atoms with E-state index in [0.717, 1.165) is 33.4 Å². The molecule has 0 spiro atoms. The van der Waals surface area contributed by atoms with Crippen molar-refractivity contribution in [1.82, 2.24) is 0 Å². The highest BCUT2D eigenvalue weighted by Crippen LogP contribution is 2.24. The fourth-order valence-electron chi connectivity index (χ4n) is 2.91. The molecule has 0 aliphatic heterocycles. The van der Waals surface area contributed by atoms with Crippen molar-refractivity contribution in [3.8, 4) is 0 Å². The lowest BCUT2D eigenvalue weighted by molar-refractivity contribution is -0.116. The summed E-state index contributed by atoms with van der Waals surface area (Å²) in [6.07, 6.45) is 0.421. The van der Waals surface area contributed by atoms with Gasteiger partial charge in [-0.1, -0.05) is 49.4 Å². The highest BCUT2D eigenvalue weighted by molar-refractivity contribution is 6.03. The van der Waals surface area contributed by atoms with Crippen LogP contribution in [0.4, 0.5) is 17.1 Å². The van der Waals surface area contributed by atoms with Gasteiger partial charge in [0.15, 0.2) is 0 Å². The molecule has 0 atom stereocenters. The summed E-state index contributed by atoms with van der Waals surface area (Å²) >= 11 is 0. The van der Waals surface area contributed by atoms with Crippen molar-refractivity contribution in [3.63, 3.8) is 0 Å². The van der Waals surface area contributed by atoms with E-state index < -0.39 is 0 Å². The third-order valence-electron chi connectivity index (χ3n) is 4.43. The zero-order valence-electron chi connectivity index (χ0n) is 15.5. The monoisotopic (exact) mass is 361 g/mol. The maximum absolute atomic E-state index is 12.4. The standard InChI is InChI=1S/C22H23N3O2/c1-3-21(26)24-19-12-7-11-18(15(19)2)23-14-22(27)25-20-13-6-9-16-8-4-5-10-17(16)20/h4-13,23H,3,14H2,1-2H3,(H,24,26)(H,25,27). The molecule has 0 fully saturated rings. The summed E-state index contributed by atoms with van der Waals surface area (Å²) in [5, 5.41) is 11.1. The van der Waals surface area contributed by atoms with Gasteiger partial charge in [0.05, 0.1) is 6.54 Å². The summed E-state index contributed by atoms with van der Waals surface area (Å²) in [4.78, 5) is 24.0. The average molecular weight is 361 g/mol. The molecular formula is C22H23N3O2. The van der Waals surface area contributed by atoms with Crippen LogP contribution in [0.15, 0.2) is 60.7 Å². The van der Waals surface area contributed by atoms with E-state index in [1.807, 2.05) is 74.5 Å². The van der Waals surface area contributed by atoms with Crippen LogP contribution in [0.3, 0.4) is 0 Å². The molecule has 5 heteroatoms. The van der Waals surface area contributed by atoms with Crippen LogP contribution in [0.5, 0.6) is 0 Å². The number of fused-ring (bicyclic) bond motifs is 1. The summed E-state index contributed by atoms with van der Waals surface area (Å²) < 4.78 is 0. The number of hydrogen-bond acceptors (Lipinski definition) is 3. The molecule has 3 N–H and O–H groups in total. The second kappa shape index (κ2) is 8.36. The Hall–Kier alpha value is -3.34. The number of rotatable bonds is 6. The molecule has 138 valence electrons. The zero-order chi connectivity index (χ0) is 19.2. The summed E-state index contributed by atoms with van der Waals surface area (Å²) in [5.74, 6) is -0.169.